The van der Waals surface area contributed by atoms with Crippen molar-refractivity contribution in [1.29, 1.82) is 0 Å². The molecule has 0 spiro atoms. The number of rotatable bonds is 2. The number of amides is 1. The summed E-state index contributed by atoms with van der Waals surface area (Å²) in [5.41, 5.74) is 5.29. The third kappa shape index (κ3) is 2.00. The van der Waals surface area contributed by atoms with Crippen LogP contribution >= 0.6 is 0 Å². The first-order chi connectivity index (χ1) is 6.38. The normalized spacial score (nSPS) is 28.6. The van der Waals surface area contributed by atoms with E-state index in [4.69, 9.17) is 5.73 Å². The second-order valence-electron chi connectivity index (χ2n) is 3.44. The third-order valence-electron chi connectivity index (χ3n) is 2.27. The second-order valence-corrected chi connectivity index (χ2v) is 3.44. The molecule has 0 aromatic carbocycles. The number of hydrogen-bond donors (Lipinski definition) is 1. The first-order valence-corrected chi connectivity index (χ1v) is 4.49. The van der Waals surface area contributed by atoms with Crippen LogP contribution in [-0.2, 0) is 4.79 Å². The lowest BCUT2D eigenvalue weighted by molar-refractivity contribution is -0.182. The molecule has 14 heavy (non-hydrogen) atoms. The fourth-order valence-corrected chi connectivity index (χ4v) is 1.74. The van der Waals surface area contributed by atoms with Gasteiger partial charge in [0.25, 0.3) is 0 Å². The van der Waals surface area contributed by atoms with Crippen molar-refractivity contribution in [1.82, 2.24) is 4.90 Å². The van der Waals surface area contributed by atoms with Gasteiger partial charge in [-0.2, -0.15) is 13.2 Å². The summed E-state index contributed by atoms with van der Waals surface area (Å²) in [6.07, 6.45) is -4.12. The van der Waals surface area contributed by atoms with Crippen LogP contribution in [0.1, 0.15) is 19.8 Å². The monoisotopic (exact) mass is 210 g/mol. The fraction of sp³-hybridized carbons (Fsp3) is 0.875. The fourth-order valence-electron chi connectivity index (χ4n) is 1.74. The number of nitrogens with zero attached hydrogens (tertiary/aromatic N) is 1. The van der Waals surface area contributed by atoms with Gasteiger partial charge in [-0.15, -0.1) is 0 Å². The van der Waals surface area contributed by atoms with Gasteiger partial charge >= 0.3 is 6.18 Å². The Morgan fingerprint density at radius 1 is 1.57 bits per heavy atom. The summed E-state index contributed by atoms with van der Waals surface area (Å²) in [4.78, 5) is 12.0. The lowest BCUT2D eigenvalue weighted by atomic mass is 10.1. The van der Waals surface area contributed by atoms with Crippen molar-refractivity contribution < 1.29 is 18.0 Å². The van der Waals surface area contributed by atoms with Gasteiger partial charge in [0, 0.05) is 19.0 Å². The van der Waals surface area contributed by atoms with E-state index >= 15 is 0 Å². The maximum Gasteiger partial charge on any atom is 0.410 e. The van der Waals surface area contributed by atoms with Crippen molar-refractivity contribution in [3.63, 3.8) is 0 Å². The molecule has 1 heterocycles. The predicted octanol–water partition coefficient (Wildman–Crippen LogP) is 0.887. The molecule has 0 radical (unpaired) electrons. The zero-order chi connectivity index (χ0) is 10.9. The van der Waals surface area contributed by atoms with E-state index in [-0.39, 0.29) is 13.0 Å². The van der Waals surface area contributed by atoms with E-state index in [0.29, 0.717) is 6.42 Å². The first kappa shape index (κ1) is 11.3. The highest BCUT2D eigenvalue weighted by Crippen LogP contribution is 2.32. The molecule has 82 valence electrons. The Kier molecular flexibility index (Phi) is 3.04. The first-order valence-electron chi connectivity index (χ1n) is 4.49. The van der Waals surface area contributed by atoms with Crippen LogP contribution in [0.4, 0.5) is 13.2 Å². The number of carbonyl (C=O) groups excluding carboxylic acids is 1. The third-order valence-corrected chi connectivity index (χ3v) is 2.27. The maximum atomic E-state index is 12.5. The highest BCUT2D eigenvalue weighted by molar-refractivity contribution is 5.80. The molecule has 1 saturated heterocycles. The van der Waals surface area contributed by atoms with Crippen LogP contribution in [0.3, 0.4) is 0 Å². The zero-order valence-electron chi connectivity index (χ0n) is 7.84. The summed E-state index contributed by atoms with van der Waals surface area (Å²) in [7, 11) is 0. The summed E-state index contributed by atoms with van der Waals surface area (Å²) in [5, 5.41) is 0. The second kappa shape index (κ2) is 3.76. The summed E-state index contributed by atoms with van der Waals surface area (Å²) in [5.74, 6) is -0.498. The van der Waals surface area contributed by atoms with E-state index in [0.717, 1.165) is 4.90 Å². The quantitative estimate of drug-likeness (QED) is 0.735. The number of hydrogen-bond acceptors (Lipinski definition) is 2. The zero-order valence-corrected chi connectivity index (χ0v) is 7.84. The molecule has 1 amide bonds. The summed E-state index contributed by atoms with van der Waals surface area (Å²) >= 11 is 0. The van der Waals surface area contributed by atoms with Crippen LogP contribution in [0.15, 0.2) is 0 Å². The molecule has 0 aromatic heterocycles. The van der Waals surface area contributed by atoms with Gasteiger partial charge < -0.3 is 10.6 Å². The van der Waals surface area contributed by atoms with Gasteiger partial charge in [-0.1, -0.05) is 6.92 Å². The van der Waals surface area contributed by atoms with Crippen LogP contribution < -0.4 is 5.73 Å². The summed E-state index contributed by atoms with van der Waals surface area (Å²) in [6, 6.07) is -2.91. The van der Waals surface area contributed by atoms with Crippen LogP contribution in [0.5, 0.6) is 0 Å². The van der Waals surface area contributed by atoms with E-state index in [1.54, 1.807) is 6.92 Å². The Balaban J connectivity index is 2.83. The van der Waals surface area contributed by atoms with Crippen molar-refractivity contribution in [3.05, 3.63) is 0 Å². The van der Waals surface area contributed by atoms with Crippen LogP contribution in [0.25, 0.3) is 0 Å². The minimum atomic E-state index is -4.42. The van der Waals surface area contributed by atoms with Gasteiger partial charge in [-0.3, -0.25) is 4.79 Å². The average molecular weight is 210 g/mol. The average Bonchev–Trinajstić information content (AvgIpc) is 2.26. The Morgan fingerprint density at radius 3 is 2.57 bits per heavy atom. The molecule has 1 fully saturated rings. The molecule has 6 heteroatoms. The van der Waals surface area contributed by atoms with Gasteiger partial charge in [-0.05, 0) is 6.42 Å². The number of halogens is 3. The predicted molar refractivity (Wildman–Crippen MR) is 44.4 cm³/mol. The van der Waals surface area contributed by atoms with Gasteiger partial charge in [0.05, 0.1) is 0 Å². The van der Waals surface area contributed by atoms with Gasteiger partial charge in [0.2, 0.25) is 5.91 Å². The minimum absolute atomic E-state index is 0.122. The molecular weight excluding hydrogens is 197 g/mol. The number of alkyl halides is 3. The minimum Gasteiger partial charge on any atom is -0.329 e. The van der Waals surface area contributed by atoms with Gasteiger partial charge in [0.1, 0.15) is 6.04 Å². The Bertz CT molecular complexity index is 229. The smallest absolute Gasteiger partial charge is 0.329 e. The van der Waals surface area contributed by atoms with E-state index in [9.17, 15) is 18.0 Å². The molecule has 0 aromatic rings. The topological polar surface area (TPSA) is 46.3 Å². The van der Waals surface area contributed by atoms with E-state index in [1.807, 2.05) is 0 Å². The van der Waals surface area contributed by atoms with E-state index in [2.05, 4.69) is 0 Å². The van der Waals surface area contributed by atoms with Crippen molar-refractivity contribution in [2.75, 3.05) is 6.54 Å². The molecule has 1 aliphatic rings. The Hall–Kier alpha value is -0.780. The highest BCUT2D eigenvalue weighted by atomic mass is 19.4. The number of nitrogens with two attached hydrogens (primary N) is 1. The van der Waals surface area contributed by atoms with E-state index in [1.165, 1.54) is 0 Å². The maximum absolute atomic E-state index is 12.5. The van der Waals surface area contributed by atoms with E-state index < -0.39 is 24.2 Å². The molecule has 1 aliphatic heterocycles. The molecule has 0 saturated carbocycles. The number of likely N-dealkylation sites (tertiary alicyclic amines) is 1. The molecule has 3 nitrogen and oxygen atoms in total. The van der Waals surface area contributed by atoms with Crippen LogP contribution in [0, 0.1) is 0 Å². The summed E-state index contributed by atoms with van der Waals surface area (Å²) < 4.78 is 37.5. The summed E-state index contributed by atoms with van der Waals surface area (Å²) in [6.45, 7) is 1.85. The molecule has 0 aliphatic carbocycles. The van der Waals surface area contributed by atoms with Gasteiger partial charge in [0.15, 0.2) is 0 Å². The lowest BCUT2D eigenvalue weighted by Gasteiger charge is -2.28. The van der Waals surface area contributed by atoms with Crippen molar-refractivity contribution in [3.8, 4) is 0 Å². The number of carbonyl (C=O) groups is 1. The molecular formula is C8H13F3N2O. The van der Waals surface area contributed by atoms with Crippen molar-refractivity contribution >= 4 is 5.91 Å². The standard InChI is InChI=1S/C8H13F3N2O/c1-2-3-13-6(14)4-5(12)7(13)8(9,10)11/h5,7H,2-4,12H2,1H3. The van der Waals surface area contributed by atoms with Crippen molar-refractivity contribution in [2.45, 2.75) is 38.0 Å². The molecule has 2 unspecified atom stereocenters. The lowest BCUT2D eigenvalue weighted by Crippen LogP contribution is -2.50. The SMILES string of the molecule is CCCN1C(=O)CC(N)C1C(F)(F)F. The molecule has 2 N–H and O–H groups in total. The largest absolute Gasteiger partial charge is 0.410 e. The van der Waals surface area contributed by atoms with Crippen LogP contribution in [0.2, 0.25) is 0 Å². The highest BCUT2D eigenvalue weighted by Gasteiger charge is 2.53. The molecule has 2 atom stereocenters. The van der Waals surface area contributed by atoms with Crippen LogP contribution in [-0.4, -0.2) is 35.6 Å². The van der Waals surface area contributed by atoms with Crippen molar-refractivity contribution in [2.24, 2.45) is 5.73 Å². The molecule has 1 rings (SSSR count). The molecule has 0 bridgehead atoms. The van der Waals surface area contributed by atoms with Gasteiger partial charge in [-0.25, -0.2) is 0 Å². The Labute approximate surface area is 80.0 Å². The Morgan fingerprint density at radius 2 is 2.14 bits per heavy atom.